The molecule has 0 saturated heterocycles. The van der Waals surface area contributed by atoms with E-state index in [1.807, 2.05) is 23.9 Å². The first-order chi connectivity index (χ1) is 7.37. The molecule has 90 valence electrons. The van der Waals surface area contributed by atoms with Gasteiger partial charge in [0.2, 0.25) is 5.91 Å². The quantitative estimate of drug-likeness (QED) is 0.846. The van der Waals surface area contributed by atoms with Gasteiger partial charge in [0.1, 0.15) is 0 Å². The highest BCUT2D eigenvalue weighted by molar-refractivity contribution is 5.76. The minimum atomic E-state index is 0.0372. The summed E-state index contributed by atoms with van der Waals surface area (Å²) in [6.45, 7) is 8.88. The van der Waals surface area contributed by atoms with E-state index < -0.39 is 0 Å². The summed E-state index contributed by atoms with van der Waals surface area (Å²) in [5.74, 6) is 0.104. The summed E-state index contributed by atoms with van der Waals surface area (Å²) in [5.41, 5.74) is 0.0372. The predicted molar refractivity (Wildman–Crippen MR) is 63.9 cm³/mol. The molecule has 1 rings (SSSR count). The van der Waals surface area contributed by atoms with Gasteiger partial charge >= 0.3 is 0 Å². The van der Waals surface area contributed by atoms with Crippen LogP contribution in [0.5, 0.6) is 0 Å². The number of hydrogen-bond acceptors (Lipinski definition) is 2. The molecule has 1 aromatic heterocycles. The van der Waals surface area contributed by atoms with E-state index in [1.54, 1.807) is 6.20 Å². The molecule has 0 radical (unpaired) electrons. The molecule has 4 nitrogen and oxygen atoms in total. The number of carbonyl (C=O) groups is 1. The molecule has 16 heavy (non-hydrogen) atoms. The maximum absolute atomic E-state index is 11.7. The van der Waals surface area contributed by atoms with Gasteiger partial charge in [-0.3, -0.25) is 9.48 Å². The summed E-state index contributed by atoms with van der Waals surface area (Å²) < 4.78 is 1.82. The fourth-order valence-corrected chi connectivity index (χ4v) is 1.54. The zero-order valence-corrected chi connectivity index (χ0v) is 10.5. The zero-order chi connectivity index (χ0) is 12.2. The molecule has 1 heterocycles. The SMILES string of the molecule is CC(Cn1cccn1)NC(=O)CC(C)(C)C. The highest BCUT2D eigenvalue weighted by Gasteiger charge is 2.17. The average molecular weight is 223 g/mol. The summed E-state index contributed by atoms with van der Waals surface area (Å²) in [6.07, 6.45) is 4.19. The smallest absolute Gasteiger partial charge is 0.220 e. The number of aromatic nitrogens is 2. The Hall–Kier alpha value is -1.32. The summed E-state index contributed by atoms with van der Waals surface area (Å²) in [4.78, 5) is 11.7. The lowest BCUT2D eigenvalue weighted by Gasteiger charge is -2.20. The standard InChI is InChI=1S/C12H21N3O/c1-10(9-15-7-5-6-13-15)14-11(16)8-12(2,3)4/h5-7,10H,8-9H2,1-4H3,(H,14,16). The molecule has 1 N–H and O–H groups in total. The molecule has 0 aliphatic rings. The minimum absolute atomic E-state index is 0.0372. The van der Waals surface area contributed by atoms with E-state index in [0.717, 1.165) is 0 Å². The first-order valence-corrected chi connectivity index (χ1v) is 5.63. The van der Waals surface area contributed by atoms with E-state index in [4.69, 9.17) is 0 Å². The first kappa shape index (κ1) is 12.7. The monoisotopic (exact) mass is 223 g/mol. The largest absolute Gasteiger partial charge is 0.352 e. The number of carbonyl (C=O) groups excluding carboxylic acids is 1. The van der Waals surface area contributed by atoms with Crippen LogP contribution >= 0.6 is 0 Å². The van der Waals surface area contributed by atoms with E-state index in [-0.39, 0.29) is 17.4 Å². The van der Waals surface area contributed by atoms with Crippen molar-refractivity contribution in [1.29, 1.82) is 0 Å². The Kier molecular flexibility index (Phi) is 4.10. The van der Waals surface area contributed by atoms with Crippen LogP contribution in [0.1, 0.15) is 34.1 Å². The Morgan fingerprint density at radius 2 is 2.19 bits per heavy atom. The molecule has 0 bridgehead atoms. The molecule has 0 fully saturated rings. The topological polar surface area (TPSA) is 46.9 Å². The number of nitrogens with one attached hydrogen (secondary N) is 1. The lowest BCUT2D eigenvalue weighted by Crippen LogP contribution is -2.37. The van der Waals surface area contributed by atoms with Crippen molar-refractivity contribution in [2.75, 3.05) is 0 Å². The third-order valence-corrected chi connectivity index (χ3v) is 2.12. The Balaban J connectivity index is 2.34. The highest BCUT2D eigenvalue weighted by Crippen LogP contribution is 2.17. The van der Waals surface area contributed by atoms with Crippen LogP contribution in [0.3, 0.4) is 0 Å². The molecule has 0 aliphatic heterocycles. The zero-order valence-electron chi connectivity index (χ0n) is 10.5. The highest BCUT2D eigenvalue weighted by atomic mass is 16.1. The molecule has 0 aliphatic carbocycles. The van der Waals surface area contributed by atoms with Gasteiger partial charge in [0.15, 0.2) is 0 Å². The summed E-state index contributed by atoms with van der Waals surface area (Å²) >= 11 is 0. The molecule has 0 aromatic carbocycles. The lowest BCUT2D eigenvalue weighted by atomic mass is 9.92. The Morgan fingerprint density at radius 1 is 1.50 bits per heavy atom. The van der Waals surface area contributed by atoms with E-state index in [1.165, 1.54) is 0 Å². The van der Waals surface area contributed by atoms with Crippen molar-refractivity contribution in [3.05, 3.63) is 18.5 Å². The molecular formula is C12H21N3O. The van der Waals surface area contributed by atoms with E-state index in [9.17, 15) is 4.79 Å². The summed E-state index contributed by atoms with van der Waals surface area (Å²) in [5, 5.41) is 7.08. The molecule has 0 spiro atoms. The molecule has 0 saturated carbocycles. The second-order valence-electron chi connectivity index (χ2n) is 5.43. The maximum Gasteiger partial charge on any atom is 0.220 e. The van der Waals surface area contributed by atoms with Gasteiger partial charge in [-0.1, -0.05) is 20.8 Å². The third kappa shape index (κ3) is 4.96. The summed E-state index contributed by atoms with van der Waals surface area (Å²) in [6, 6.07) is 1.98. The first-order valence-electron chi connectivity index (χ1n) is 5.63. The van der Waals surface area contributed by atoms with Crippen LogP contribution in [0.15, 0.2) is 18.5 Å². The molecular weight excluding hydrogens is 202 g/mol. The number of amides is 1. The fourth-order valence-electron chi connectivity index (χ4n) is 1.54. The summed E-state index contributed by atoms with van der Waals surface area (Å²) in [7, 11) is 0. The number of rotatable bonds is 4. The van der Waals surface area contributed by atoms with Crippen molar-refractivity contribution < 1.29 is 4.79 Å². The van der Waals surface area contributed by atoms with Crippen LogP contribution in [-0.2, 0) is 11.3 Å². The number of hydrogen-bond donors (Lipinski definition) is 1. The lowest BCUT2D eigenvalue weighted by molar-refractivity contribution is -0.123. The van der Waals surface area contributed by atoms with Gasteiger partial charge < -0.3 is 5.32 Å². The third-order valence-electron chi connectivity index (χ3n) is 2.12. The van der Waals surface area contributed by atoms with Crippen LogP contribution in [0.2, 0.25) is 0 Å². The van der Waals surface area contributed by atoms with Crippen LogP contribution in [0.4, 0.5) is 0 Å². The van der Waals surface area contributed by atoms with Crippen LogP contribution in [0, 0.1) is 5.41 Å². The van der Waals surface area contributed by atoms with Gasteiger partial charge in [0.25, 0.3) is 0 Å². The van der Waals surface area contributed by atoms with Crippen LogP contribution in [-0.4, -0.2) is 21.7 Å². The second-order valence-corrected chi connectivity index (χ2v) is 5.43. The van der Waals surface area contributed by atoms with Gasteiger partial charge in [-0.15, -0.1) is 0 Å². The van der Waals surface area contributed by atoms with Gasteiger partial charge in [-0.25, -0.2) is 0 Å². The molecule has 1 amide bonds. The van der Waals surface area contributed by atoms with E-state index in [0.29, 0.717) is 13.0 Å². The fraction of sp³-hybridized carbons (Fsp3) is 0.667. The van der Waals surface area contributed by atoms with Crippen molar-refractivity contribution >= 4 is 5.91 Å². The van der Waals surface area contributed by atoms with Gasteiger partial charge in [0.05, 0.1) is 6.54 Å². The minimum Gasteiger partial charge on any atom is -0.352 e. The molecule has 1 atom stereocenters. The molecule has 1 unspecified atom stereocenters. The van der Waals surface area contributed by atoms with Crippen molar-refractivity contribution in [1.82, 2.24) is 15.1 Å². The van der Waals surface area contributed by atoms with Crippen LogP contribution in [0.25, 0.3) is 0 Å². The van der Waals surface area contributed by atoms with E-state index >= 15 is 0 Å². The van der Waals surface area contributed by atoms with Gasteiger partial charge in [-0.05, 0) is 18.4 Å². The van der Waals surface area contributed by atoms with Crippen molar-refractivity contribution in [2.45, 2.75) is 46.7 Å². The normalized spacial score (nSPS) is 13.5. The Morgan fingerprint density at radius 3 is 2.69 bits per heavy atom. The molecule has 4 heteroatoms. The van der Waals surface area contributed by atoms with Crippen molar-refractivity contribution in [3.8, 4) is 0 Å². The van der Waals surface area contributed by atoms with Gasteiger partial charge in [-0.2, -0.15) is 5.10 Å². The van der Waals surface area contributed by atoms with Crippen molar-refractivity contribution in [3.63, 3.8) is 0 Å². The second kappa shape index (κ2) is 5.14. The Bertz CT molecular complexity index is 325. The van der Waals surface area contributed by atoms with E-state index in [2.05, 4.69) is 31.2 Å². The predicted octanol–water partition coefficient (Wildman–Crippen LogP) is 1.82. The average Bonchev–Trinajstić information content (AvgIpc) is 2.51. The van der Waals surface area contributed by atoms with Crippen molar-refractivity contribution in [2.24, 2.45) is 5.41 Å². The maximum atomic E-state index is 11.7. The molecule has 1 aromatic rings. The Labute approximate surface area is 97.0 Å². The number of nitrogens with zero attached hydrogens (tertiary/aromatic N) is 2. The van der Waals surface area contributed by atoms with Gasteiger partial charge in [0, 0.05) is 24.9 Å². The van der Waals surface area contributed by atoms with Crippen LogP contribution < -0.4 is 5.32 Å².